The lowest BCUT2D eigenvalue weighted by molar-refractivity contribution is 0.465. The van der Waals surface area contributed by atoms with Crippen LogP contribution in [-0.4, -0.2) is 29.3 Å². The van der Waals surface area contributed by atoms with E-state index in [1.807, 2.05) is 0 Å². The second-order valence-corrected chi connectivity index (χ2v) is 4.33. The molecule has 0 unspecified atom stereocenters. The summed E-state index contributed by atoms with van der Waals surface area (Å²) in [5.41, 5.74) is 0. The largest absolute Gasteiger partial charge is 0.407 e. The molecule has 0 spiro atoms. The van der Waals surface area contributed by atoms with Crippen LogP contribution < -0.4 is 10.2 Å². The minimum absolute atomic E-state index is 0.687. The van der Waals surface area contributed by atoms with Gasteiger partial charge in [-0.3, -0.25) is 0 Å². The Balaban J connectivity index is 1.59. The fraction of sp³-hybridized carbons (Fsp3) is 0.800. The molecule has 2 fully saturated rings. The van der Waals surface area contributed by atoms with Crippen molar-refractivity contribution in [2.24, 2.45) is 0 Å². The van der Waals surface area contributed by atoms with Crippen molar-refractivity contribution in [1.29, 1.82) is 0 Å². The fourth-order valence-electron chi connectivity index (χ4n) is 1.87. The van der Waals surface area contributed by atoms with Gasteiger partial charge in [-0.2, -0.15) is 0 Å². The molecule has 2 heterocycles. The zero-order valence-electron chi connectivity index (χ0n) is 8.78. The minimum atomic E-state index is 0.687. The van der Waals surface area contributed by atoms with Crippen LogP contribution in [0, 0.1) is 0 Å². The van der Waals surface area contributed by atoms with Gasteiger partial charge < -0.3 is 14.6 Å². The summed E-state index contributed by atoms with van der Waals surface area (Å²) in [5, 5.41) is 11.5. The summed E-state index contributed by atoms with van der Waals surface area (Å²) in [4.78, 5) is 2.16. The fourth-order valence-corrected chi connectivity index (χ4v) is 1.87. The van der Waals surface area contributed by atoms with Gasteiger partial charge in [0.25, 0.3) is 0 Å². The summed E-state index contributed by atoms with van der Waals surface area (Å²) in [5.74, 6) is 0.712. The normalized spacial score (nSPS) is 21.2. The zero-order valence-corrected chi connectivity index (χ0v) is 8.78. The van der Waals surface area contributed by atoms with E-state index < -0.39 is 0 Å². The van der Waals surface area contributed by atoms with Crippen LogP contribution in [-0.2, 0) is 6.54 Å². The van der Waals surface area contributed by atoms with E-state index in [2.05, 4.69) is 20.4 Å². The first kappa shape index (κ1) is 9.15. The van der Waals surface area contributed by atoms with Gasteiger partial charge in [0.2, 0.25) is 5.89 Å². The lowest BCUT2D eigenvalue weighted by Crippen LogP contribution is -2.17. The average molecular weight is 208 g/mol. The summed E-state index contributed by atoms with van der Waals surface area (Å²) in [6.07, 6.45) is 5.04. The summed E-state index contributed by atoms with van der Waals surface area (Å²) in [6, 6.07) is 1.38. The molecule has 0 bridgehead atoms. The van der Waals surface area contributed by atoms with Crippen LogP contribution in [0.3, 0.4) is 0 Å². The number of hydrogen-bond donors (Lipinski definition) is 1. The maximum absolute atomic E-state index is 5.59. The van der Waals surface area contributed by atoms with Crippen LogP contribution in [0.25, 0.3) is 0 Å². The van der Waals surface area contributed by atoms with Crippen molar-refractivity contribution in [2.45, 2.75) is 38.3 Å². The van der Waals surface area contributed by atoms with Gasteiger partial charge in [0, 0.05) is 19.1 Å². The first-order valence-corrected chi connectivity index (χ1v) is 5.72. The highest BCUT2D eigenvalue weighted by Crippen LogP contribution is 2.21. The highest BCUT2D eigenvalue weighted by Gasteiger charge is 2.22. The minimum Gasteiger partial charge on any atom is -0.407 e. The summed E-state index contributed by atoms with van der Waals surface area (Å²) in [6.45, 7) is 2.82. The van der Waals surface area contributed by atoms with Crippen molar-refractivity contribution < 1.29 is 4.42 Å². The molecule has 5 nitrogen and oxygen atoms in total. The molecule has 1 aromatic rings. The Hall–Kier alpha value is -1.10. The van der Waals surface area contributed by atoms with Crippen LogP contribution in [0.15, 0.2) is 4.42 Å². The molecule has 0 amide bonds. The third kappa shape index (κ3) is 2.12. The first-order valence-electron chi connectivity index (χ1n) is 5.72. The van der Waals surface area contributed by atoms with Gasteiger partial charge >= 0.3 is 6.01 Å². The van der Waals surface area contributed by atoms with Gasteiger partial charge in [-0.1, -0.05) is 5.10 Å². The van der Waals surface area contributed by atoms with Crippen LogP contribution in [0.1, 0.15) is 31.6 Å². The molecule has 1 saturated carbocycles. The molecule has 1 aliphatic heterocycles. The Morgan fingerprint density at radius 3 is 2.80 bits per heavy atom. The van der Waals surface area contributed by atoms with Gasteiger partial charge in [-0.25, -0.2) is 0 Å². The maximum Gasteiger partial charge on any atom is 0.318 e. The number of hydrogen-bond acceptors (Lipinski definition) is 5. The van der Waals surface area contributed by atoms with Gasteiger partial charge in [0.1, 0.15) is 0 Å². The third-order valence-corrected chi connectivity index (χ3v) is 2.95. The molecule has 1 aliphatic carbocycles. The molecule has 0 atom stereocenters. The van der Waals surface area contributed by atoms with Crippen molar-refractivity contribution in [3.05, 3.63) is 5.89 Å². The zero-order chi connectivity index (χ0) is 10.1. The molecule has 3 rings (SSSR count). The number of anilines is 1. The van der Waals surface area contributed by atoms with E-state index in [-0.39, 0.29) is 0 Å². The molecule has 0 aromatic carbocycles. The molecule has 2 aliphatic rings. The molecular weight excluding hydrogens is 192 g/mol. The quantitative estimate of drug-likeness (QED) is 0.797. The van der Waals surface area contributed by atoms with E-state index in [4.69, 9.17) is 4.42 Å². The molecule has 1 aromatic heterocycles. The second-order valence-electron chi connectivity index (χ2n) is 4.33. The van der Waals surface area contributed by atoms with Gasteiger partial charge in [0.05, 0.1) is 6.54 Å². The molecule has 0 radical (unpaired) electrons. The van der Waals surface area contributed by atoms with Crippen molar-refractivity contribution in [3.8, 4) is 0 Å². The lowest BCUT2D eigenvalue weighted by Gasteiger charge is -2.09. The number of nitrogens with zero attached hydrogens (tertiary/aromatic N) is 3. The van der Waals surface area contributed by atoms with Crippen LogP contribution in [0.5, 0.6) is 0 Å². The molecular formula is C10H16N4O. The Kier molecular flexibility index (Phi) is 2.32. The smallest absolute Gasteiger partial charge is 0.318 e. The standard InChI is InChI=1S/C10H16N4O/c1-2-6-14(5-1)10-13-12-9(15-10)7-11-8-3-4-8/h8,11H,1-7H2. The van der Waals surface area contributed by atoms with E-state index in [9.17, 15) is 0 Å². The Morgan fingerprint density at radius 2 is 2.07 bits per heavy atom. The summed E-state index contributed by atoms with van der Waals surface area (Å²) >= 11 is 0. The lowest BCUT2D eigenvalue weighted by atomic mass is 10.4. The van der Waals surface area contributed by atoms with Crippen LogP contribution in [0.2, 0.25) is 0 Å². The Bertz CT molecular complexity index is 328. The highest BCUT2D eigenvalue weighted by molar-refractivity contribution is 5.25. The van der Waals surface area contributed by atoms with E-state index in [0.717, 1.165) is 13.1 Å². The van der Waals surface area contributed by atoms with Crippen molar-refractivity contribution in [2.75, 3.05) is 18.0 Å². The van der Waals surface area contributed by atoms with Gasteiger partial charge in [-0.05, 0) is 25.7 Å². The Labute approximate surface area is 88.9 Å². The topological polar surface area (TPSA) is 54.2 Å². The van der Waals surface area contributed by atoms with Gasteiger partial charge in [-0.15, -0.1) is 5.10 Å². The molecule has 15 heavy (non-hydrogen) atoms. The van der Waals surface area contributed by atoms with Crippen molar-refractivity contribution in [1.82, 2.24) is 15.5 Å². The van der Waals surface area contributed by atoms with Crippen molar-refractivity contribution >= 4 is 6.01 Å². The average Bonchev–Trinajstić information content (AvgIpc) is 2.78. The number of nitrogens with one attached hydrogen (secondary N) is 1. The van der Waals surface area contributed by atoms with Crippen LogP contribution >= 0.6 is 0 Å². The predicted molar refractivity (Wildman–Crippen MR) is 55.6 cm³/mol. The number of rotatable bonds is 4. The Morgan fingerprint density at radius 1 is 1.27 bits per heavy atom. The third-order valence-electron chi connectivity index (χ3n) is 2.95. The molecule has 1 saturated heterocycles. The first-order chi connectivity index (χ1) is 7.42. The van der Waals surface area contributed by atoms with E-state index in [1.54, 1.807) is 0 Å². The monoisotopic (exact) mass is 208 g/mol. The highest BCUT2D eigenvalue weighted by atomic mass is 16.4. The molecule has 82 valence electrons. The SMILES string of the molecule is C1CCN(c2nnc(CNC3CC3)o2)C1. The molecule has 1 N–H and O–H groups in total. The van der Waals surface area contributed by atoms with E-state index in [0.29, 0.717) is 24.5 Å². The van der Waals surface area contributed by atoms with E-state index >= 15 is 0 Å². The van der Waals surface area contributed by atoms with Gasteiger partial charge in [0.15, 0.2) is 0 Å². The summed E-state index contributed by atoms with van der Waals surface area (Å²) < 4.78 is 5.59. The van der Waals surface area contributed by atoms with Crippen molar-refractivity contribution in [3.63, 3.8) is 0 Å². The van der Waals surface area contributed by atoms with Crippen LogP contribution in [0.4, 0.5) is 6.01 Å². The summed E-state index contributed by atoms with van der Waals surface area (Å²) in [7, 11) is 0. The number of aromatic nitrogens is 2. The maximum atomic E-state index is 5.59. The second kappa shape index (κ2) is 3.81. The predicted octanol–water partition coefficient (Wildman–Crippen LogP) is 0.922. The molecule has 5 heteroatoms. The van der Waals surface area contributed by atoms with E-state index in [1.165, 1.54) is 25.7 Å².